The summed E-state index contributed by atoms with van der Waals surface area (Å²) < 4.78 is 31.7. The molecule has 0 bridgehead atoms. The second-order valence-corrected chi connectivity index (χ2v) is 4.87. The van der Waals surface area contributed by atoms with Crippen LogP contribution in [0.25, 0.3) is 22.0 Å². The number of halogens is 3. The Bertz CT molecular complexity index is 877. The Morgan fingerprint density at radius 2 is 1.76 bits per heavy atom. The van der Waals surface area contributed by atoms with Gasteiger partial charge >= 0.3 is 12.1 Å². The summed E-state index contributed by atoms with van der Waals surface area (Å²) in [5, 5.41) is 17.4. The number of rotatable bonds is 2. The largest absolute Gasteiger partial charge is 0.490 e. The highest BCUT2D eigenvalue weighted by atomic mass is 19.4. The van der Waals surface area contributed by atoms with Gasteiger partial charge in [0.25, 0.3) is 0 Å². The summed E-state index contributed by atoms with van der Waals surface area (Å²) in [6.45, 7) is -0.0448. The molecule has 130 valence electrons. The van der Waals surface area contributed by atoms with Crippen molar-refractivity contribution in [2.45, 2.75) is 12.8 Å². The van der Waals surface area contributed by atoms with Crippen molar-refractivity contribution in [3.8, 4) is 11.1 Å². The highest BCUT2D eigenvalue weighted by Gasteiger charge is 2.38. The predicted molar refractivity (Wildman–Crippen MR) is 84.6 cm³/mol. The summed E-state index contributed by atoms with van der Waals surface area (Å²) in [6, 6.07) is 13.9. The molecule has 0 saturated carbocycles. The van der Waals surface area contributed by atoms with Gasteiger partial charge in [0, 0.05) is 17.8 Å². The molecule has 0 atom stereocenters. The molecular formula is C17H13F3N2O3. The molecule has 0 unspecified atom stereocenters. The van der Waals surface area contributed by atoms with Crippen LogP contribution in [0.4, 0.5) is 13.2 Å². The Morgan fingerprint density at radius 3 is 2.40 bits per heavy atom. The fourth-order valence-electron chi connectivity index (χ4n) is 2.09. The van der Waals surface area contributed by atoms with Crippen LogP contribution in [0.3, 0.4) is 0 Å². The van der Waals surface area contributed by atoms with Crippen molar-refractivity contribution in [3.05, 3.63) is 60.6 Å². The van der Waals surface area contributed by atoms with Crippen LogP contribution in [0, 0.1) is 0 Å². The van der Waals surface area contributed by atoms with Crippen molar-refractivity contribution in [2.24, 2.45) is 0 Å². The lowest BCUT2D eigenvalue weighted by atomic mass is 10.0. The Kier molecular flexibility index (Phi) is 5.66. The number of carboxylic acid groups (broad SMARTS) is 1. The van der Waals surface area contributed by atoms with Gasteiger partial charge in [-0.2, -0.15) is 13.2 Å². The minimum Gasteiger partial charge on any atom is -0.475 e. The van der Waals surface area contributed by atoms with E-state index < -0.39 is 12.1 Å². The zero-order chi connectivity index (χ0) is 18.4. The van der Waals surface area contributed by atoms with E-state index in [9.17, 15) is 13.2 Å². The summed E-state index contributed by atoms with van der Waals surface area (Å²) in [5.74, 6) is -2.76. The number of pyridine rings is 2. The monoisotopic (exact) mass is 350 g/mol. The van der Waals surface area contributed by atoms with E-state index in [-0.39, 0.29) is 6.61 Å². The highest BCUT2D eigenvalue weighted by Crippen LogP contribution is 2.27. The third kappa shape index (κ3) is 4.74. The lowest BCUT2D eigenvalue weighted by molar-refractivity contribution is -0.192. The maximum Gasteiger partial charge on any atom is 0.490 e. The number of aromatic nitrogens is 2. The van der Waals surface area contributed by atoms with Crippen molar-refractivity contribution in [1.82, 2.24) is 9.97 Å². The number of benzene rings is 1. The fourth-order valence-corrected chi connectivity index (χ4v) is 2.09. The second-order valence-electron chi connectivity index (χ2n) is 4.87. The van der Waals surface area contributed by atoms with Gasteiger partial charge in [0.2, 0.25) is 0 Å². The Labute approximate surface area is 140 Å². The Hall–Kier alpha value is -3.00. The molecule has 2 heterocycles. The molecule has 5 nitrogen and oxygen atoms in total. The average molecular weight is 350 g/mol. The first-order valence-corrected chi connectivity index (χ1v) is 7.03. The molecule has 1 aromatic carbocycles. The van der Waals surface area contributed by atoms with E-state index in [2.05, 4.69) is 22.1 Å². The number of alkyl halides is 3. The number of hydrogen-bond acceptors (Lipinski definition) is 4. The second kappa shape index (κ2) is 7.71. The van der Waals surface area contributed by atoms with Gasteiger partial charge < -0.3 is 10.2 Å². The van der Waals surface area contributed by atoms with Crippen LogP contribution in [0.2, 0.25) is 0 Å². The maximum absolute atomic E-state index is 10.6. The lowest BCUT2D eigenvalue weighted by Gasteiger charge is -2.07. The Morgan fingerprint density at radius 1 is 1.04 bits per heavy atom. The third-order valence-corrected chi connectivity index (χ3v) is 3.18. The van der Waals surface area contributed by atoms with Crippen LogP contribution in [0.15, 0.2) is 54.9 Å². The number of carbonyl (C=O) groups is 1. The quantitative estimate of drug-likeness (QED) is 0.740. The smallest absolute Gasteiger partial charge is 0.475 e. The predicted octanol–water partition coefficient (Wildman–Crippen LogP) is 3.42. The summed E-state index contributed by atoms with van der Waals surface area (Å²) in [7, 11) is 0. The maximum atomic E-state index is 10.6. The molecule has 0 aliphatic rings. The van der Waals surface area contributed by atoms with E-state index in [0.29, 0.717) is 5.69 Å². The van der Waals surface area contributed by atoms with Gasteiger partial charge in [0.1, 0.15) is 0 Å². The topological polar surface area (TPSA) is 83.3 Å². The first kappa shape index (κ1) is 18.3. The van der Waals surface area contributed by atoms with Crippen LogP contribution < -0.4 is 0 Å². The zero-order valence-electron chi connectivity index (χ0n) is 12.7. The minimum absolute atomic E-state index is 0.0448. The van der Waals surface area contributed by atoms with E-state index >= 15 is 0 Å². The first-order valence-electron chi connectivity index (χ1n) is 7.03. The molecule has 25 heavy (non-hydrogen) atoms. The van der Waals surface area contributed by atoms with Gasteiger partial charge in [0.05, 0.1) is 17.8 Å². The molecule has 0 spiro atoms. The molecule has 8 heteroatoms. The molecule has 0 aliphatic heterocycles. The van der Waals surface area contributed by atoms with Crippen LogP contribution in [0.1, 0.15) is 5.69 Å². The zero-order valence-corrected chi connectivity index (χ0v) is 12.7. The van der Waals surface area contributed by atoms with E-state index in [1.165, 1.54) is 0 Å². The number of fused-ring (bicyclic) bond motifs is 1. The highest BCUT2D eigenvalue weighted by molar-refractivity contribution is 5.94. The summed E-state index contributed by atoms with van der Waals surface area (Å²) in [6.07, 6.45) is -1.58. The van der Waals surface area contributed by atoms with Gasteiger partial charge in [-0.1, -0.05) is 18.2 Å². The van der Waals surface area contributed by atoms with E-state index in [1.807, 2.05) is 30.3 Å². The average Bonchev–Trinajstić information content (AvgIpc) is 2.61. The Balaban J connectivity index is 0.000000277. The van der Waals surface area contributed by atoms with Gasteiger partial charge in [-0.25, -0.2) is 4.79 Å². The normalized spacial score (nSPS) is 10.9. The van der Waals surface area contributed by atoms with Crippen molar-refractivity contribution in [2.75, 3.05) is 0 Å². The van der Waals surface area contributed by atoms with Crippen LogP contribution in [0.5, 0.6) is 0 Å². The molecule has 2 N–H and O–H groups in total. The summed E-state index contributed by atoms with van der Waals surface area (Å²) >= 11 is 0. The summed E-state index contributed by atoms with van der Waals surface area (Å²) in [5.41, 5.74) is 3.80. The molecule has 2 aromatic heterocycles. The number of carboxylic acids is 1. The van der Waals surface area contributed by atoms with E-state index in [0.717, 1.165) is 22.0 Å². The lowest BCUT2D eigenvalue weighted by Crippen LogP contribution is -2.21. The van der Waals surface area contributed by atoms with E-state index in [4.69, 9.17) is 15.0 Å². The molecule has 0 fully saturated rings. The third-order valence-electron chi connectivity index (χ3n) is 3.18. The van der Waals surface area contributed by atoms with Crippen LogP contribution in [-0.2, 0) is 11.4 Å². The minimum atomic E-state index is -5.08. The summed E-state index contributed by atoms with van der Waals surface area (Å²) in [4.78, 5) is 17.3. The first-order chi connectivity index (χ1) is 11.8. The van der Waals surface area contributed by atoms with Crippen LogP contribution in [-0.4, -0.2) is 32.3 Å². The van der Waals surface area contributed by atoms with Crippen molar-refractivity contribution in [1.29, 1.82) is 0 Å². The van der Waals surface area contributed by atoms with Gasteiger partial charge in [0.15, 0.2) is 0 Å². The number of nitrogens with zero attached hydrogens (tertiary/aromatic N) is 2. The molecule has 3 aromatic rings. The number of hydrogen-bond donors (Lipinski definition) is 2. The SMILES string of the molecule is O=C(O)C(F)(F)F.OCc1cc(-c2cccc3ncccc23)ccn1. The van der Waals surface area contributed by atoms with E-state index in [1.54, 1.807) is 12.4 Å². The molecule has 0 radical (unpaired) electrons. The number of aliphatic hydroxyl groups excluding tert-OH is 1. The van der Waals surface area contributed by atoms with Crippen molar-refractivity contribution < 1.29 is 28.2 Å². The molecule has 0 saturated heterocycles. The molecule has 3 rings (SSSR count). The fraction of sp³-hybridized carbons (Fsp3) is 0.118. The number of aliphatic carboxylic acids is 1. The standard InChI is InChI=1S/C15H12N2O.C2HF3O2/c18-10-12-9-11(6-8-16-12)13-3-1-5-15-14(13)4-2-7-17-15;3-2(4,5)1(6)7/h1-9,18H,10H2;(H,6,7). The molecular weight excluding hydrogens is 337 g/mol. The van der Waals surface area contributed by atoms with Gasteiger partial charge in [-0.05, 0) is 35.4 Å². The van der Waals surface area contributed by atoms with Crippen molar-refractivity contribution in [3.63, 3.8) is 0 Å². The van der Waals surface area contributed by atoms with Crippen molar-refractivity contribution >= 4 is 16.9 Å². The van der Waals surface area contributed by atoms with Gasteiger partial charge in [-0.3, -0.25) is 9.97 Å². The molecule has 0 aliphatic carbocycles. The van der Waals surface area contributed by atoms with Gasteiger partial charge in [-0.15, -0.1) is 0 Å². The number of aliphatic hydroxyl groups is 1. The van der Waals surface area contributed by atoms with Crippen LogP contribution >= 0.6 is 0 Å². The molecule has 0 amide bonds.